The van der Waals surface area contributed by atoms with E-state index in [-0.39, 0.29) is 5.41 Å². The van der Waals surface area contributed by atoms with Crippen LogP contribution in [-0.2, 0) is 12.0 Å². The van der Waals surface area contributed by atoms with Crippen LogP contribution < -0.4 is 5.32 Å². The highest BCUT2D eigenvalue weighted by atomic mass is 16.4. The first-order valence-electron chi connectivity index (χ1n) is 8.13. The minimum absolute atomic E-state index is 0.0726. The van der Waals surface area contributed by atoms with Gasteiger partial charge < -0.3 is 9.73 Å². The molecule has 1 unspecified atom stereocenters. The van der Waals surface area contributed by atoms with E-state index in [1.165, 1.54) is 12.8 Å². The Kier molecular flexibility index (Phi) is 5.38. The molecule has 1 aromatic rings. The summed E-state index contributed by atoms with van der Waals surface area (Å²) < 4.78 is 5.80. The summed E-state index contributed by atoms with van der Waals surface area (Å²) in [7, 11) is 0. The monoisotopic (exact) mass is 294 g/mol. The maximum Gasteiger partial charge on any atom is 0.230 e. The van der Waals surface area contributed by atoms with Crippen LogP contribution in [0.2, 0.25) is 0 Å². The van der Waals surface area contributed by atoms with E-state index in [9.17, 15) is 0 Å². The van der Waals surface area contributed by atoms with Gasteiger partial charge in [-0.25, -0.2) is 0 Å². The van der Waals surface area contributed by atoms with Crippen molar-refractivity contribution >= 4 is 0 Å². The van der Waals surface area contributed by atoms with E-state index in [1.54, 1.807) is 0 Å². The van der Waals surface area contributed by atoms with Crippen molar-refractivity contribution in [2.24, 2.45) is 5.92 Å². The normalized spacial score (nSPS) is 21.1. The van der Waals surface area contributed by atoms with Gasteiger partial charge in [0.2, 0.25) is 11.8 Å². The standard InChI is InChI=1S/C16H30N4O/c1-12(2)17-9-13-7-6-8-20(10-13)11-14-18-19-15(21-14)16(3,4)5/h12-13,17H,6-11H2,1-5H3. The average Bonchev–Trinajstić information content (AvgIpc) is 2.85. The summed E-state index contributed by atoms with van der Waals surface area (Å²) in [5, 5.41) is 11.9. The van der Waals surface area contributed by atoms with Crippen LogP contribution in [0.5, 0.6) is 0 Å². The Morgan fingerprint density at radius 1 is 1.33 bits per heavy atom. The third-order valence-corrected chi connectivity index (χ3v) is 3.89. The summed E-state index contributed by atoms with van der Waals surface area (Å²) in [6.45, 7) is 14.8. The second-order valence-corrected chi connectivity index (χ2v) is 7.56. The number of nitrogens with zero attached hydrogens (tertiary/aromatic N) is 3. The Morgan fingerprint density at radius 3 is 2.71 bits per heavy atom. The minimum Gasteiger partial charge on any atom is -0.423 e. The highest BCUT2D eigenvalue weighted by Gasteiger charge is 2.24. The van der Waals surface area contributed by atoms with Crippen molar-refractivity contribution < 1.29 is 4.42 Å². The van der Waals surface area contributed by atoms with Crippen molar-refractivity contribution in [1.82, 2.24) is 20.4 Å². The van der Waals surface area contributed by atoms with Gasteiger partial charge in [-0.3, -0.25) is 4.90 Å². The molecule has 1 fully saturated rings. The van der Waals surface area contributed by atoms with Crippen molar-refractivity contribution in [2.75, 3.05) is 19.6 Å². The largest absolute Gasteiger partial charge is 0.423 e. The van der Waals surface area contributed by atoms with Gasteiger partial charge in [-0.05, 0) is 31.8 Å². The molecule has 0 aromatic carbocycles. The predicted molar refractivity (Wildman–Crippen MR) is 84.1 cm³/mol. The fourth-order valence-corrected chi connectivity index (χ4v) is 2.68. The third-order valence-electron chi connectivity index (χ3n) is 3.89. The molecule has 0 amide bonds. The maximum absolute atomic E-state index is 5.80. The molecule has 1 aliphatic rings. The van der Waals surface area contributed by atoms with Gasteiger partial charge in [0.05, 0.1) is 6.54 Å². The number of rotatable bonds is 5. The zero-order chi connectivity index (χ0) is 15.5. The molecular formula is C16H30N4O. The van der Waals surface area contributed by atoms with Crippen molar-refractivity contribution in [1.29, 1.82) is 0 Å². The van der Waals surface area contributed by atoms with Gasteiger partial charge in [-0.15, -0.1) is 10.2 Å². The molecule has 5 nitrogen and oxygen atoms in total. The first kappa shape index (κ1) is 16.4. The molecule has 0 radical (unpaired) electrons. The van der Waals surface area contributed by atoms with Crippen LogP contribution in [0.15, 0.2) is 4.42 Å². The second-order valence-electron chi connectivity index (χ2n) is 7.56. The second kappa shape index (κ2) is 6.88. The average molecular weight is 294 g/mol. The summed E-state index contributed by atoms with van der Waals surface area (Å²) in [6, 6.07) is 0.561. The summed E-state index contributed by atoms with van der Waals surface area (Å²) in [5.74, 6) is 2.20. The number of hydrogen-bond acceptors (Lipinski definition) is 5. The van der Waals surface area contributed by atoms with E-state index in [1.807, 2.05) is 0 Å². The van der Waals surface area contributed by atoms with Crippen LogP contribution in [-0.4, -0.2) is 40.8 Å². The molecular weight excluding hydrogens is 264 g/mol. The van der Waals surface area contributed by atoms with E-state index in [2.05, 4.69) is 55.0 Å². The topological polar surface area (TPSA) is 54.2 Å². The van der Waals surface area contributed by atoms with E-state index in [4.69, 9.17) is 4.42 Å². The van der Waals surface area contributed by atoms with E-state index in [0.717, 1.165) is 43.9 Å². The van der Waals surface area contributed by atoms with Crippen LogP contribution >= 0.6 is 0 Å². The fraction of sp³-hybridized carbons (Fsp3) is 0.875. The molecule has 2 heterocycles. The maximum atomic E-state index is 5.80. The van der Waals surface area contributed by atoms with Crippen LogP contribution in [0.1, 0.15) is 59.2 Å². The quantitative estimate of drug-likeness (QED) is 0.904. The van der Waals surface area contributed by atoms with Gasteiger partial charge in [-0.1, -0.05) is 34.6 Å². The predicted octanol–water partition coefficient (Wildman–Crippen LogP) is 2.58. The first-order chi connectivity index (χ1) is 9.84. The molecule has 120 valence electrons. The molecule has 1 aromatic heterocycles. The number of likely N-dealkylation sites (tertiary alicyclic amines) is 1. The van der Waals surface area contributed by atoms with Gasteiger partial charge in [0.25, 0.3) is 0 Å². The summed E-state index contributed by atoms with van der Waals surface area (Å²) in [6.07, 6.45) is 2.57. The summed E-state index contributed by atoms with van der Waals surface area (Å²) >= 11 is 0. The van der Waals surface area contributed by atoms with Gasteiger partial charge in [0, 0.05) is 18.0 Å². The molecule has 1 aliphatic heterocycles. The first-order valence-corrected chi connectivity index (χ1v) is 8.13. The molecule has 1 saturated heterocycles. The molecule has 21 heavy (non-hydrogen) atoms. The molecule has 0 bridgehead atoms. The molecule has 1 N–H and O–H groups in total. The molecule has 0 saturated carbocycles. The zero-order valence-electron chi connectivity index (χ0n) is 14.1. The van der Waals surface area contributed by atoms with E-state index < -0.39 is 0 Å². The third kappa shape index (κ3) is 5.08. The van der Waals surface area contributed by atoms with Crippen LogP contribution in [0.3, 0.4) is 0 Å². The van der Waals surface area contributed by atoms with Crippen molar-refractivity contribution in [2.45, 2.75) is 65.5 Å². The lowest BCUT2D eigenvalue weighted by Crippen LogP contribution is -2.40. The Bertz CT molecular complexity index is 436. The van der Waals surface area contributed by atoms with E-state index >= 15 is 0 Å². The van der Waals surface area contributed by atoms with Gasteiger partial charge in [0.1, 0.15) is 0 Å². The number of aromatic nitrogens is 2. The lowest BCUT2D eigenvalue weighted by Gasteiger charge is -2.32. The smallest absolute Gasteiger partial charge is 0.230 e. The van der Waals surface area contributed by atoms with Crippen LogP contribution in [0.4, 0.5) is 0 Å². The molecule has 5 heteroatoms. The van der Waals surface area contributed by atoms with Crippen LogP contribution in [0, 0.1) is 5.92 Å². The lowest BCUT2D eigenvalue weighted by molar-refractivity contribution is 0.150. The lowest BCUT2D eigenvalue weighted by atomic mass is 9.97. The Morgan fingerprint density at radius 2 is 2.10 bits per heavy atom. The fourth-order valence-electron chi connectivity index (χ4n) is 2.68. The highest BCUT2D eigenvalue weighted by molar-refractivity contribution is 4.96. The Hall–Kier alpha value is -0.940. The van der Waals surface area contributed by atoms with Crippen LogP contribution in [0.25, 0.3) is 0 Å². The number of piperidine rings is 1. The Balaban J connectivity index is 1.86. The number of nitrogens with one attached hydrogen (secondary N) is 1. The summed E-state index contributed by atoms with van der Waals surface area (Å²) in [5.41, 5.74) is -0.0726. The van der Waals surface area contributed by atoms with Gasteiger partial charge in [0.15, 0.2) is 0 Å². The van der Waals surface area contributed by atoms with E-state index in [0.29, 0.717) is 6.04 Å². The number of hydrogen-bond donors (Lipinski definition) is 1. The molecule has 0 spiro atoms. The van der Waals surface area contributed by atoms with Crippen molar-refractivity contribution in [3.8, 4) is 0 Å². The van der Waals surface area contributed by atoms with Crippen molar-refractivity contribution in [3.63, 3.8) is 0 Å². The molecule has 2 rings (SSSR count). The Labute approximate surface area is 128 Å². The van der Waals surface area contributed by atoms with Gasteiger partial charge in [-0.2, -0.15) is 0 Å². The zero-order valence-corrected chi connectivity index (χ0v) is 14.1. The van der Waals surface area contributed by atoms with Crippen molar-refractivity contribution in [3.05, 3.63) is 11.8 Å². The SMILES string of the molecule is CC(C)NCC1CCCN(Cc2nnc(C(C)(C)C)o2)C1. The summed E-state index contributed by atoms with van der Waals surface area (Å²) in [4.78, 5) is 2.44. The molecule has 1 atom stereocenters. The molecule has 0 aliphatic carbocycles. The van der Waals surface area contributed by atoms with Gasteiger partial charge >= 0.3 is 0 Å². The highest BCUT2D eigenvalue weighted by Crippen LogP contribution is 2.22. The minimum atomic E-state index is -0.0726.